The number of Topliss-reactive ketones (excluding diaryl/α,β-unsaturated/α-hetero) is 1. The number of aliphatic hydroxyl groups excluding tert-OH is 1. The predicted octanol–water partition coefficient (Wildman–Crippen LogP) is 3.88. The molecule has 0 heterocycles. The van der Waals surface area contributed by atoms with Gasteiger partial charge in [-0.1, -0.05) is 25.0 Å². The van der Waals surface area contributed by atoms with Gasteiger partial charge < -0.3 is 10.2 Å². The fourth-order valence-corrected chi connectivity index (χ4v) is 5.74. The molecule has 3 rings (SSSR count). The summed E-state index contributed by atoms with van der Waals surface area (Å²) < 4.78 is 0. The van der Waals surface area contributed by atoms with E-state index in [0.29, 0.717) is 11.8 Å². The van der Waals surface area contributed by atoms with Gasteiger partial charge in [-0.3, -0.25) is 4.79 Å². The Kier molecular flexibility index (Phi) is 5.51. The summed E-state index contributed by atoms with van der Waals surface area (Å²) in [6.07, 6.45) is 12.0. The first-order valence-electron chi connectivity index (χ1n) is 9.96. The third kappa shape index (κ3) is 3.77. The second-order valence-electron chi connectivity index (χ2n) is 8.97. The molecule has 6 atom stereocenters. The Labute approximate surface area is 146 Å². The molecule has 0 aromatic carbocycles. The molecular formula is C21H34O3. The molecule has 0 radical (unpaired) electrons. The van der Waals surface area contributed by atoms with Crippen molar-refractivity contribution in [1.82, 2.24) is 0 Å². The van der Waals surface area contributed by atoms with Gasteiger partial charge in [-0.2, -0.15) is 0 Å². The summed E-state index contributed by atoms with van der Waals surface area (Å²) in [7, 11) is 0. The Morgan fingerprint density at radius 2 is 2.04 bits per heavy atom. The highest BCUT2D eigenvalue weighted by Gasteiger charge is 2.41. The van der Waals surface area contributed by atoms with Crippen molar-refractivity contribution >= 4 is 5.78 Å². The lowest BCUT2D eigenvalue weighted by Gasteiger charge is -2.45. The molecule has 24 heavy (non-hydrogen) atoms. The van der Waals surface area contributed by atoms with Crippen LogP contribution in [-0.2, 0) is 4.79 Å². The number of aliphatic hydroxyl groups is 2. The van der Waals surface area contributed by atoms with Crippen molar-refractivity contribution in [2.45, 2.75) is 77.2 Å². The SMILES string of the molecule is CC1CCC2C(CC=C3CC(C)(O)CCC32)CCCC1C(=O)CO. The van der Waals surface area contributed by atoms with Crippen molar-refractivity contribution in [2.24, 2.45) is 29.6 Å². The molecule has 0 aromatic heterocycles. The second-order valence-corrected chi connectivity index (χ2v) is 8.97. The van der Waals surface area contributed by atoms with Gasteiger partial charge in [0.2, 0.25) is 0 Å². The van der Waals surface area contributed by atoms with E-state index < -0.39 is 5.60 Å². The molecule has 2 fully saturated rings. The number of rotatable bonds is 2. The summed E-state index contributed by atoms with van der Waals surface area (Å²) in [5.41, 5.74) is 0.988. The monoisotopic (exact) mass is 334 g/mol. The maximum Gasteiger partial charge on any atom is 0.161 e. The van der Waals surface area contributed by atoms with Gasteiger partial charge in [-0.05, 0) is 82.0 Å². The van der Waals surface area contributed by atoms with E-state index in [2.05, 4.69) is 13.0 Å². The lowest BCUT2D eigenvalue weighted by atomic mass is 9.62. The van der Waals surface area contributed by atoms with Gasteiger partial charge in [-0.25, -0.2) is 0 Å². The van der Waals surface area contributed by atoms with Crippen LogP contribution in [0.3, 0.4) is 0 Å². The summed E-state index contributed by atoms with van der Waals surface area (Å²) in [6.45, 7) is 3.88. The van der Waals surface area contributed by atoms with Gasteiger partial charge in [-0.15, -0.1) is 0 Å². The van der Waals surface area contributed by atoms with Crippen LogP contribution >= 0.6 is 0 Å². The highest BCUT2D eigenvalue weighted by atomic mass is 16.3. The predicted molar refractivity (Wildman–Crippen MR) is 95.5 cm³/mol. The zero-order valence-corrected chi connectivity index (χ0v) is 15.3. The number of hydrogen-bond donors (Lipinski definition) is 2. The summed E-state index contributed by atoms with van der Waals surface area (Å²) in [6, 6.07) is 0. The Morgan fingerprint density at radius 3 is 2.79 bits per heavy atom. The van der Waals surface area contributed by atoms with Crippen molar-refractivity contribution in [3.8, 4) is 0 Å². The zero-order valence-electron chi connectivity index (χ0n) is 15.3. The summed E-state index contributed by atoms with van der Waals surface area (Å²) in [5.74, 6) is 2.60. The van der Waals surface area contributed by atoms with E-state index in [1.807, 2.05) is 6.92 Å². The summed E-state index contributed by atoms with van der Waals surface area (Å²) in [5, 5.41) is 19.7. The van der Waals surface area contributed by atoms with Crippen LogP contribution in [0.15, 0.2) is 11.6 Å². The van der Waals surface area contributed by atoms with Crippen LogP contribution in [0.1, 0.15) is 71.6 Å². The molecule has 136 valence electrons. The van der Waals surface area contributed by atoms with Crippen molar-refractivity contribution < 1.29 is 15.0 Å². The third-order valence-corrected chi connectivity index (χ3v) is 7.16. The smallest absolute Gasteiger partial charge is 0.161 e. The lowest BCUT2D eigenvalue weighted by Crippen LogP contribution is -2.38. The molecule has 2 saturated carbocycles. The molecule has 3 aliphatic carbocycles. The highest BCUT2D eigenvalue weighted by Crippen LogP contribution is 2.49. The number of hydrogen-bond acceptors (Lipinski definition) is 3. The van der Waals surface area contributed by atoms with Crippen LogP contribution in [0.4, 0.5) is 0 Å². The van der Waals surface area contributed by atoms with E-state index in [9.17, 15) is 15.0 Å². The summed E-state index contributed by atoms with van der Waals surface area (Å²) >= 11 is 0. The first kappa shape index (κ1) is 18.1. The zero-order chi connectivity index (χ0) is 17.3. The molecule has 0 spiro atoms. The largest absolute Gasteiger partial charge is 0.390 e. The van der Waals surface area contributed by atoms with E-state index >= 15 is 0 Å². The molecular weight excluding hydrogens is 300 g/mol. The van der Waals surface area contributed by atoms with Crippen LogP contribution < -0.4 is 0 Å². The van der Waals surface area contributed by atoms with Crippen LogP contribution in [0.5, 0.6) is 0 Å². The number of carbonyl (C=O) groups excluding carboxylic acids is 1. The third-order valence-electron chi connectivity index (χ3n) is 7.16. The van der Waals surface area contributed by atoms with E-state index in [4.69, 9.17) is 0 Å². The first-order chi connectivity index (χ1) is 11.4. The van der Waals surface area contributed by atoms with Gasteiger partial charge in [0.05, 0.1) is 5.60 Å². The number of ketones is 1. The number of carbonyl (C=O) groups is 1. The molecule has 3 heteroatoms. The highest BCUT2D eigenvalue weighted by molar-refractivity contribution is 5.82. The molecule has 2 N–H and O–H groups in total. The first-order valence-corrected chi connectivity index (χ1v) is 9.96. The normalized spacial score (nSPS) is 43.5. The Morgan fingerprint density at radius 1 is 1.25 bits per heavy atom. The lowest BCUT2D eigenvalue weighted by molar-refractivity contribution is -0.127. The molecule has 0 saturated heterocycles. The van der Waals surface area contributed by atoms with Gasteiger partial charge in [0.1, 0.15) is 6.61 Å². The molecule has 0 aliphatic heterocycles. The van der Waals surface area contributed by atoms with Crippen molar-refractivity contribution in [3.05, 3.63) is 11.6 Å². The maximum absolute atomic E-state index is 12.1. The van der Waals surface area contributed by atoms with Crippen LogP contribution in [-0.4, -0.2) is 28.2 Å². The fraction of sp³-hybridized carbons (Fsp3) is 0.857. The molecule has 0 bridgehead atoms. The van der Waals surface area contributed by atoms with Crippen molar-refractivity contribution in [3.63, 3.8) is 0 Å². The average molecular weight is 335 g/mol. The van der Waals surface area contributed by atoms with E-state index in [-0.39, 0.29) is 18.3 Å². The van der Waals surface area contributed by atoms with Gasteiger partial charge in [0.15, 0.2) is 5.78 Å². The van der Waals surface area contributed by atoms with E-state index in [0.717, 1.165) is 56.8 Å². The van der Waals surface area contributed by atoms with Gasteiger partial charge >= 0.3 is 0 Å². The van der Waals surface area contributed by atoms with E-state index in [1.54, 1.807) is 0 Å². The minimum Gasteiger partial charge on any atom is -0.390 e. The minimum atomic E-state index is -0.514. The van der Waals surface area contributed by atoms with Crippen LogP contribution in [0, 0.1) is 29.6 Å². The quantitative estimate of drug-likeness (QED) is 0.754. The molecule has 6 unspecified atom stereocenters. The molecule has 0 amide bonds. The van der Waals surface area contributed by atoms with Crippen molar-refractivity contribution in [2.75, 3.05) is 6.61 Å². The molecule has 3 aliphatic rings. The van der Waals surface area contributed by atoms with Crippen LogP contribution in [0.2, 0.25) is 0 Å². The van der Waals surface area contributed by atoms with Gasteiger partial charge in [0.25, 0.3) is 0 Å². The fourth-order valence-electron chi connectivity index (χ4n) is 5.74. The van der Waals surface area contributed by atoms with Crippen LogP contribution in [0.25, 0.3) is 0 Å². The standard InChI is InChI=1S/C21H34O3/c1-14-6-9-18-15(4-3-5-17(14)20(23)13-22)7-8-16-12-21(2,24)11-10-19(16)18/h8,14-15,17-19,22,24H,3-7,9-13H2,1-2H3. The topological polar surface area (TPSA) is 57.5 Å². The Balaban J connectivity index is 1.73. The molecule has 0 aromatic rings. The maximum atomic E-state index is 12.1. The Bertz CT molecular complexity index is 493. The van der Waals surface area contributed by atoms with E-state index in [1.165, 1.54) is 18.4 Å². The average Bonchev–Trinajstić information content (AvgIpc) is 2.62. The minimum absolute atomic E-state index is 0.0416. The second kappa shape index (κ2) is 7.29. The number of fused-ring (bicyclic) bond motifs is 3. The van der Waals surface area contributed by atoms with Crippen molar-refractivity contribution in [1.29, 1.82) is 0 Å². The van der Waals surface area contributed by atoms with Gasteiger partial charge in [0, 0.05) is 5.92 Å². The number of allylic oxidation sites excluding steroid dienone is 1. The molecule has 3 nitrogen and oxygen atoms in total. The Hall–Kier alpha value is -0.670. The summed E-state index contributed by atoms with van der Waals surface area (Å²) in [4.78, 5) is 12.1.